The summed E-state index contributed by atoms with van der Waals surface area (Å²) in [6.07, 6.45) is -1.33. The monoisotopic (exact) mass is 474 g/mol. The summed E-state index contributed by atoms with van der Waals surface area (Å²) in [6.45, 7) is 5.49. The molecule has 0 aliphatic heterocycles. The van der Waals surface area contributed by atoms with Crippen molar-refractivity contribution in [1.29, 1.82) is 0 Å². The number of benzene rings is 2. The molecule has 2 aromatic carbocycles. The topological polar surface area (TPSA) is 78.3 Å². The maximum absolute atomic E-state index is 12.3. The van der Waals surface area contributed by atoms with Crippen LogP contribution in [0.3, 0.4) is 0 Å². The minimum Gasteiger partial charge on any atom is -0.444 e. The zero-order valence-electron chi connectivity index (χ0n) is 19.0. The summed E-state index contributed by atoms with van der Waals surface area (Å²) in [6, 6.07) is 11.4. The lowest BCUT2D eigenvalue weighted by molar-refractivity contribution is -0.274. The summed E-state index contributed by atoms with van der Waals surface area (Å²) in [5.41, 5.74) is 3.18. The lowest BCUT2D eigenvalue weighted by atomic mass is 9.87. The Hall–Kier alpha value is -3.56. The van der Waals surface area contributed by atoms with Gasteiger partial charge in [0.05, 0.1) is 5.69 Å². The molecule has 1 unspecified atom stereocenters. The minimum absolute atomic E-state index is 0.00910. The first-order valence-corrected chi connectivity index (χ1v) is 10.8. The van der Waals surface area contributed by atoms with Crippen LogP contribution >= 0.6 is 0 Å². The fourth-order valence-electron chi connectivity index (χ4n) is 3.81. The summed E-state index contributed by atoms with van der Waals surface area (Å²) in [4.78, 5) is 16.4. The van der Waals surface area contributed by atoms with E-state index in [-0.39, 0.29) is 11.8 Å². The van der Waals surface area contributed by atoms with Gasteiger partial charge in [-0.25, -0.2) is 14.5 Å². The zero-order chi connectivity index (χ0) is 24.5. The molecule has 7 nitrogen and oxygen atoms in total. The normalized spacial score (nSPS) is 16.0. The number of hydrogen-bond acceptors (Lipinski definition) is 5. The number of hydrogen-bond donors (Lipinski definition) is 1. The largest absolute Gasteiger partial charge is 0.573 e. The predicted octanol–water partition coefficient (Wildman–Crippen LogP) is 5.21. The van der Waals surface area contributed by atoms with E-state index in [1.54, 1.807) is 0 Å². The Kier molecular flexibility index (Phi) is 6.24. The maximum atomic E-state index is 12.3. The van der Waals surface area contributed by atoms with E-state index in [9.17, 15) is 18.0 Å². The molecule has 1 atom stereocenters. The molecule has 3 aromatic rings. The summed E-state index contributed by atoms with van der Waals surface area (Å²) >= 11 is 0. The second-order valence-corrected chi connectivity index (χ2v) is 9.12. The van der Waals surface area contributed by atoms with Gasteiger partial charge >= 0.3 is 12.5 Å². The lowest BCUT2D eigenvalue weighted by Gasteiger charge is -2.27. The first-order chi connectivity index (χ1) is 15.9. The van der Waals surface area contributed by atoms with Gasteiger partial charge in [-0.1, -0.05) is 12.1 Å². The van der Waals surface area contributed by atoms with Gasteiger partial charge < -0.3 is 14.8 Å². The molecular formula is C24H25F3N4O3. The number of halogens is 3. The van der Waals surface area contributed by atoms with Crippen LogP contribution in [0, 0.1) is 0 Å². The van der Waals surface area contributed by atoms with E-state index in [2.05, 4.69) is 20.1 Å². The summed E-state index contributed by atoms with van der Waals surface area (Å²) in [5, 5.41) is 7.40. The van der Waals surface area contributed by atoms with Crippen molar-refractivity contribution < 1.29 is 27.4 Å². The van der Waals surface area contributed by atoms with Crippen molar-refractivity contribution >= 4 is 6.09 Å². The van der Waals surface area contributed by atoms with Crippen LogP contribution in [0.25, 0.3) is 17.1 Å². The Balaban J connectivity index is 1.43. The number of carbonyl (C=O) groups is 1. The number of nitrogens with zero attached hydrogens (tertiary/aromatic N) is 3. The van der Waals surface area contributed by atoms with Crippen molar-refractivity contribution in [3.8, 4) is 22.8 Å². The second kappa shape index (κ2) is 9.00. The molecule has 0 bridgehead atoms. The lowest BCUT2D eigenvalue weighted by Crippen LogP contribution is -2.41. The molecule has 0 spiro atoms. The van der Waals surface area contributed by atoms with Gasteiger partial charge in [-0.15, -0.1) is 18.3 Å². The fourth-order valence-corrected chi connectivity index (χ4v) is 3.81. The highest BCUT2D eigenvalue weighted by atomic mass is 19.4. The highest BCUT2D eigenvalue weighted by molar-refractivity contribution is 5.68. The van der Waals surface area contributed by atoms with Crippen LogP contribution in [0.4, 0.5) is 18.0 Å². The number of rotatable bonds is 4. The van der Waals surface area contributed by atoms with E-state index in [4.69, 9.17) is 4.74 Å². The average Bonchev–Trinajstić information content (AvgIpc) is 3.21. The van der Waals surface area contributed by atoms with Crippen LogP contribution in [0.5, 0.6) is 5.75 Å². The van der Waals surface area contributed by atoms with Gasteiger partial charge in [0.15, 0.2) is 5.82 Å². The second-order valence-electron chi connectivity index (χ2n) is 9.12. The van der Waals surface area contributed by atoms with Crippen molar-refractivity contribution in [2.45, 2.75) is 58.0 Å². The smallest absolute Gasteiger partial charge is 0.444 e. The Bertz CT molecular complexity index is 1170. The third-order valence-corrected chi connectivity index (χ3v) is 5.24. The fraction of sp³-hybridized carbons (Fsp3) is 0.375. The number of fused-ring (bicyclic) bond motifs is 1. The summed E-state index contributed by atoms with van der Waals surface area (Å²) in [7, 11) is 0. The molecule has 0 saturated heterocycles. The average molecular weight is 474 g/mol. The van der Waals surface area contributed by atoms with Gasteiger partial charge in [0.25, 0.3) is 0 Å². The number of ether oxygens (including phenoxy) is 2. The van der Waals surface area contributed by atoms with Crippen molar-refractivity contribution in [2.24, 2.45) is 0 Å². The summed E-state index contributed by atoms with van der Waals surface area (Å²) < 4.78 is 47.7. The summed E-state index contributed by atoms with van der Waals surface area (Å²) in [5.74, 6) is 0.207. The van der Waals surface area contributed by atoms with Crippen LogP contribution in [-0.2, 0) is 17.6 Å². The third kappa shape index (κ3) is 6.06. The number of carbonyl (C=O) groups excluding carboxylic acids is 1. The molecule has 1 aliphatic carbocycles. The number of nitrogens with one attached hydrogen (secondary N) is 1. The van der Waals surface area contributed by atoms with E-state index in [1.165, 1.54) is 40.8 Å². The molecule has 0 radical (unpaired) electrons. The number of alkyl halides is 3. The maximum Gasteiger partial charge on any atom is 0.573 e. The number of aromatic nitrogens is 3. The first-order valence-electron chi connectivity index (χ1n) is 10.8. The van der Waals surface area contributed by atoms with Gasteiger partial charge in [0.2, 0.25) is 0 Å². The molecule has 0 fully saturated rings. The van der Waals surface area contributed by atoms with Crippen molar-refractivity contribution in [1.82, 2.24) is 20.1 Å². The molecule has 180 valence electrons. The Morgan fingerprint density at radius 3 is 2.50 bits per heavy atom. The van der Waals surface area contributed by atoms with Crippen LogP contribution in [0.2, 0.25) is 0 Å². The van der Waals surface area contributed by atoms with Crippen molar-refractivity contribution in [3.63, 3.8) is 0 Å². The zero-order valence-corrected chi connectivity index (χ0v) is 19.0. The van der Waals surface area contributed by atoms with Gasteiger partial charge in [-0.05, 0) is 81.5 Å². The standard InChI is InChI=1S/C24H25F3N4O3/c1-23(2,3)34-22(32)29-18-7-6-15-12-17(5-4-16(15)13-18)21-28-14-31(30-21)19-8-10-20(11-9-19)33-24(25,26)27/h4-5,8-12,14,18H,6-7,13H2,1-3H3,(H,29,32). The van der Waals surface area contributed by atoms with E-state index >= 15 is 0 Å². The quantitative estimate of drug-likeness (QED) is 0.561. The first kappa shape index (κ1) is 23.6. The number of aryl methyl sites for hydroxylation is 1. The van der Waals surface area contributed by atoms with E-state index < -0.39 is 18.1 Å². The molecule has 1 aromatic heterocycles. The van der Waals surface area contributed by atoms with Gasteiger partial charge in [-0.2, -0.15) is 0 Å². The van der Waals surface area contributed by atoms with Crippen LogP contribution in [0.1, 0.15) is 38.3 Å². The molecule has 1 heterocycles. The van der Waals surface area contributed by atoms with E-state index in [0.717, 1.165) is 24.0 Å². The van der Waals surface area contributed by atoms with Gasteiger partial charge in [0, 0.05) is 11.6 Å². The van der Waals surface area contributed by atoms with Crippen molar-refractivity contribution in [3.05, 3.63) is 59.9 Å². The predicted molar refractivity (Wildman–Crippen MR) is 119 cm³/mol. The molecule has 34 heavy (non-hydrogen) atoms. The molecule has 1 amide bonds. The molecule has 1 N–H and O–H groups in total. The van der Waals surface area contributed by atoms with E-state index in [1.807, 2.05) is 39.0 Å². The Labute approximate surface area is 194 Å². The van der Waals surface area contributed by atoms with Crippen molar-refractivity contribution in [2.75, 3.05) is 0 Å². The molecule has 10 heteroatoms. The molecule has 4 rings (SSSR count). The van der Waals surface area contributed by atoms with Crippen LogP contribution < -0.4 is 10.1 Å². The van der Waals surface area contributed by atoms with Crippen LogP contribution in [0.15, 0.2) is 48.8 Å². The highest BCUT2D eigenvalue weighted by Crippen LogP contribution is 2.27. The third-order valence-electron chi connectivity index (χ3n) is 5.24. The Morgan fingerprint density at radius 1 is 1.09 bits per heavy atom. The highest BCUT2D eigenvalue weighted by Gasteiger charge is 2.31. The molecular weight excluding hydrogens is 449 g/mol. The number of amides is 1. The minimum atomic E-state index is -4.74. The molecule has 1 aliphatic rings. The Morgan fingerprint density at radius 2 is 1.82 bits per heavy atom. The van der Waals surface area contributed by atoms with Gasteiger partial charge in [0.1, 0.15) is 17.7 Å². The van der Waals surface area contributed by atoms with E-state index in [0.29, 0.717) is 17.9 Å². The van der Waals surface area contributed by atoms with Crippen LogP contribution in [-0.4, -0.2) is 38.9 Å². The SMILES string of the molecule is CC(C)(C)OC(=O)NC1CCc2cc(-c3ncn(-c4ccc(OC(F)(F)F)cc4)n3)ccc2C1. The number of alkyl carbamates (subject to hydrolysis) is 1. The van der Waals surface area contributed by atoms with Gasteiger partial charge in [-0.3, -0.25) is 0 Å². The molecule has 0 saturated carbocycles.